The van der Waals surface area contributed by atoms with E-state index >= 15 is 0 Å². The molecule has 2 aliphatic rings. The van der Waals surface area contributed by atoms with Crippen molar-refractivity contribution in [3.63, 3.8) is 0 Å². The van der Waals surface area contributed by atoms with Crippen LogP contribution in [0, 0.1) is 0 Å². The molecule has 150 valence electrons. The van der Waals surface area contributed by atoms with Gasteiger partial charge in [-0.05, 0) is 36.0 Å². The van der Waals surface area contributed by atoms with Gasteiger partial charge >= 0.3 is 0 Å². The third-order valence-electron chi connectivity index (χ3n) is 5.30. The molecule has 2 amide bonds. The Morgan fingerprint density at radius 1 is 0.897 bits per heavy atom. The van der Waals surface area contributed by atoms with Crippen molar-refractivity contribution in [2.45, 2.75) is 12.5 Å². The molecule has 1 atom stereocenters. The Bertz CT molecular complexity index is 920. The summed E-state index contributed by atoms with van der Waals surface area (Å²) < 4.78 is 0. The molecule has 0 spiro atoms. The number of hydrogen-bond acceptors (Lipinski definition) is 4. The second-order valence-electron chi connectivity index (χ2n) is 7.21. The first-order valence-electron chi connectivity index (χ1n) is 9.55. The maximum atomic E-state index is 13.0. The largest absolute Gasteiger partial charge is 0.375 e. The van der Waals surface area contributed by atoms with E-state index in [0.717, 1.165) is 31.7 Å². The number of rotatable bonds is 4. The van der Waals surface area contributed by atoms with E-state index in [1.165, 1.54) is 4.90 Å². The number of amides is 2. The van der Waals surface area contributed by atoms with Crippen LogP contribution < -0.4 is 4.90 Å². The summed E-state index contributed by atoms with van der Waals surface area (Å²) in [6.07, 6.45) is 4.36. The maximum Gasteiger partial charge on any atom is 0.251 e. The van der Waals surface area contributed by atoms with Crippen molar-refractivity contribution in [3.05, 3.63) is 70.3 Å². The number of halogens is 2. The second-order valence-corrected chi connectivity index (χ2v) is 8.09. The molecule has 1 unspecified atom stereocenters. The predicted octanol–water partition coefficient (Wildman–Crippen LogP) is 3.91. The Morgan fingerprint density at radius 3 is 2.21 bits per heavy atom. The average molecular weight is 430 g/mol. The number of nitrogens with zero attached hydrogens (tertiary/aromatic N) is 3. The molecule has 2 heterocycles. The fourth-order valence-electron chi connectivity index (χ4n) is 3.79. The lowest BCUT2D eigenvalue weighted by Crippen LogP contribution is -2.51. The van der Waals surface area contributed by atoms with Crippen molar-refractivity contribution in [1.29, 1.82) is 0 Å². The smallest absolute Gasteiger partial charge is 0.251 e. The normalized spacial score (nSPS) is 20.8. The number of benzene rings is 2. The van der Waals surface area contributed by atoms with Gasteiger partial charge in [-0.2, -0.15) is 0 Å². The minimum Gasteiger partial charge on any atom is -0.375 e. The van der Waals surface area contributed by atoms with Gasteiger partial charge in [-0.1, -0.05) is 53.5 Å². The maximum absolute atomic E-state index is 13.0. The Morgan fingerprint density at radius 2 is 1.55 bits per heavy atom. The van der Waals surface area contributed by atoms with Crippen LogP contribution in [0.15, 0.2) is 54.7 Å². The van der Waals surface area contributed by atoms with E-state index in [4.69, 9.17) is 23.2 Å². The SMILES string of the molecule is O=C1CC(N2CCN(C=Cc3ccccc3)CC2)C(=O)N1c1cc(Cl)cc(Cl)c1. The molecule has 4 rings (SSSR count). The van der Waals surface area contributed by atoms with Gasteiger partial charge < -0.3 is 4.90 Å². The van der Waals surface area contributed by atoms with Gasteiger partial charge in [0.15, 0.2) is 0 Å². The van der Waals surface area contributed by atoms with Crippen molar-refractivity contribution in [1.82, 2.24) is 9.80 Å². The summed E-state index contributed by atoms with van der Waals surface area (Å²) in [4.78, 5) is 31.1. The molecule has 2 aromatic rings. The van der Waals surface area contributed by atoms with E-state index in [1.54, 1.807) is 18.2 Å². The van der Waals surface area contributed by atoms with Crippen LogP contribution in [-0.4, -0.2) is 53.8 Å². The molecule has 29 heavy (non-hydrogen) atoms. The molecule has 0 aromatic heterocycles. The van der Waals surface area contributed by atoms with Gasteiger partial charge in [-0.15, -0.1) is 0 Å². The van der Waals surface area contributed by atoms with E-state index in [0.29, 0.717) is 15.7 Å². The van der Waals surface area contributed by atoms with Gasteiger partial charge in [0.05, 0.1) is 18.2 Å². The first-order chi connectivity index (χ1) is 14.0. The van der Waals surface area contributed by atoms with Crippen molar-refractivity contribution in [2.24, 2.45) is 0 Å². The van der Waals surface area contributed by atoms with Gasteiger partial charge in [-0.25, -0.2) is 4.90 Å². The molecule has 5 nitrogen and oxygen atoms in total. The highest BCUT2D eigenvalue weighted by Gasteiger charge is 2.43. The lowest BCUT2D eigenvalue weighted by Gasteiger charge is -2.36. The van der Waals surface area contributed by atoms with E-state index in [2.05, 4.69) is 34.2 Å². The summed E-state index contributed by atoms with van der Waals surface area (Å²) in [7, 11) is 0. The molecular formula is C22H21Cl2N3O2. The molecule has 0 saturated carbocycles. The summed E-state index contributed by atoms with van der Waals surface area (Å²) in [5.74, 6) is -0.425. The fraction of sp³-hybridized carbons (Fsp3) is 0.273. The number of hydrogen-bond donors (Lipinski definition) is 0. The predicted molar refractivity (Wildman–Crippen MR) is 116 cm³/mol. The van der Waals surface area contributed by atoms with Gasteiger partial charge in [0.25, 0.3) is 5.91 Å². The fourth-order valence-corrected chi connectivity index (χ4v) is 4.31. The van der Waals surface area contributed by atoms with E-state index < -0.39 is 6.04 Å². The Kier molecular flexibility index (Phi) is 5.90. The number of imide groups is 1. The van der Waals surface area contributed by atoms with Gasteiger partial charge in [-0.3, -0.25) is 14.5 Å². The van der Waals surface area contributed by atoms with Gasteiger partial charge in [0, 0.05) is 36.2 Å². The Balaban J connectivity index is 1.39. The lowest BCUT2D eigenvalue weighted by atomic mass is 10.1. The summed E-state index contributed by atoms with van der Waals surface area (Å²) in [5.41, 5.74) is 1.59. The molecule has 7 heteroatoms. The topological polar surface area (TPSA) is 43.9 Å². The molecule has 2 fully saturated rings. The summed E-state index contributed by atoms with van der Waals surface area (Å²) in [5, 5.41) is 0.797. The Hall–Kier alpha value is -2.34. The number of carbonyl (C=O) groups excluding carboxylic acids is 2. The van der Waals surface area contributed by atoms with Crippen LogP contribution in [0.4, 0.5) is 5.69 Å². The zero-order valence-corrected chi connectivity index (χ0v) is 17.3. The van der Waals surface area contributed by atoms with E-state index in [-0.39, 0.29) is 18.2 Å². The highest BCUT2D eigenvalue weighted by Crippen LogP contribution is 2.31. The number of anilines is 1. The average Bonchev–Trinajstić information content (AvgIpc) is 3.01. The highest BCUT2D eigenvalue weighted by atomic mass is 35.5. The minimum atomic E-state index is -0.430. The number of piperazine rings is 1. The second kappa shape index (κ2) is 8.57. The first kappa shape index (κ1) is 20.0. The van der Waals surface area contributed by atoms with Crippen LogP contribution >= 0.6 is 23.2 Å². The molecule has 2 saturated heterocycles. The van der Waals surface area contributed by atoms with Crippen LogP contribution in [0.25, 0.3) is 6.08 Å². The van der Waals surface area contributed by atoms with Crippen LogP contribution in [-0.2, 0) is 9.59 Å². The standard InChI is InChI=1S/C22H21Cl2N3O2/c23-17-12-18(24)14-19(13-17)27-21(28)15-20(22(27)29)26-10-8-25(9-11-26)7-6-16-4-2-1-3-5-16/h1-7,12-14,20H,8-11,15H2. The van der Waals surface area contributed by atoms with E-state index in [9.17, 15) is 9.59 Å². The molecule has 0 radical (unpaired) electrons. The Labute approximate surface area is 180 Å². The minimum absolute atomic E-state index is 0.183. The van der Waals surface area contributed by atoms with Crippen molar-refractivity contribution >= 4 is 46.8 Å². The first-order valence-corrected chi connectivity index (χ1v) is 10.3. The molecular weight excluding hydrogens is 409 g/mol. The molecule has 2 aromatic carbocycles. The quantitative estimate of drug-likeness (QED) is 0.690. The monoisotopic (exact) mass is 429 g/mol. The van der Waals surface area contributed by atoms with Crippen LogP contribution in [0.3, 0.4) is 0 Å². The van der Waals surface area contributed by atoms with Crippen LogP contribution in [0.1, 0.15) is 12.0 Å². The third kappa shape index (κ3) is 4.47. The zero-order valence-electron chi connectivity index (χ0n) is 15.8. The van der Waals surface area contributed by atoms with Crippen molar-refractivity contribution in [2.75, 3.05) is 31.1 Å². The molecule has 0 aliphatic carbocycles. The number of carbonyl (C=O) groups is 2. The molecule has 0 bridgehead atoms. The van der Waals surface area contributed by atoms with Crippen LogP contribution in [0.2, 0.25) is 10.0 Å². The summed E-state index contributed by atoms with van der Waals surface area (Å²) >= 11 is 12.1. The van der Waals surface area contributed by atoms with E-state index in [1.807, 2.05) is 18.2 Å². The summed E-state index contributed by atoms with van der Waals surface area (Å²) in [6.45, 7) is 3.08. The molecule has 2 aliphatic heterocycles. The molecule has 0 N–H and O–H groups in total. The lowest BCUT2D eigenvalue weighted by molar-refractivity contribution is -0.123. The van der Waals surface area contributed by atoms with Gasteiger partial charge in [0.1, 0.15) is 0 Å². The zero-order chi connectivity index (χ0) is 20.4. The van der Waals surface area contributed by atoms with Gasteiger partial charge in [0.2, 0.25) is 5.91 Å². The third-order valence-corrected chi connectivity index (χ3v) is 5.73. The van der Waals surface area contributed by atoms with Crippen molar-refractivity contribution < 1.29 is 9.59 Å². The van der Waals surface area contributed by atoms with Crippen LogP contribution in [0.5, 0.6) is 0 Å². The van der Waals surface area contributed by atoms with Crippen molar-refractivity contribution in [3.8, 4) is 0 Å². The summed E-state index contributed by atoms with van der Waals surface area (Å²) in [6, 6.07) is 14.5. The highest BCUT2D eigenvalue weighted by molar-refractivity contribution is 6.35.